The van der Waals surface area contributed by atoms with Crippen LogP contribution in [0.25, 0.3) is 0 Å². The largest absolute Gasteiger partial charge is 0.349 e. The first kappa shape index (κ1) is 15.5. The average molecular weight is 324 g/mol. The Morgan fingerprint density at radius 2 is 1.95 bits per heavy atom. The van der Waals surface area contributed by atoms with Gasteiger partial charge in [-0.15, -0.1) is 11.3 Å². The van der Waals surface area contributed by atoms with Crippen molar-refractivity contribution in [2.45, 2.75) is 13.5 Å². The molecule has 0 bridgehead atoms. The maximum Gasteiger partial charge on any atom is 0.251 e. The van der Waals surface area contributed by atoms with Crippen LogP contribution in [0.3, 0.4) is 0 Å². The molecule has 0 aliphatic heterocycles. The van der Waals surface area contributed by atoms with Crippen molar-refractivity contribution in [3.63, 3.8) is 0 Å². The molecule has 0 fully saturated rings. The number of hydrogen-bond acceptors (Lipinski definition) is 4. The summed E-state index contributed by atoms with van der Waals surface area (Å²) in [6.07, 6.45) is 0. The average Bonchev–Trinajstić information content (AvgIpc) is 2.89. The first-order valence-corrected chi connectivity index (χ1v) is 7.52. The number of aryl methyl sites for hydroxylation is 1. The highest BCUT2D eigenvalue weighted by Crippen LogP contribution is 2.09. The maximum absolute atomic E-state index is 11.8. The Hall–Kier alpha value is -1.92. The number of nitrogens with zero attached hydrogens (tertiary/aromatic N) is 1. The van der Waals surface area contributed by atoms with Gasteiger partial charge in [0, 0.05) is 16.0 Å². The monoisotopic (exact) mass is 323 g/mol. The molecule has 0 spiro atoms. The molecule has 2 rings (SSSR count). The van der Waals surface area contributed by atoms with Crippen LogP contribution in [0.1, 0.15) is 21.1 Å². The van der Waals surface area contributed by atoms with Gasteiger partial charge in [-0.25, -0.2) is 4.98 Å². The Bertz CT molecular complexity index is 640. The smallest absolute Gasteiger partial charge is 0.251 e. The highest BCUT2D eigenvalue weighted by Gasteiger charge is 2.08. The highest BCUT2D eigenvalue weighted by atomic mass is 35.5. The Morgan fingerprint density at radius 3 is 2.57 bits per heavy atom. The summed E-state index contributed by atoms with van der Waals surface area (Å²) in [6, 6.07) is 6.46. The summed E-state index contributed by atoms with van der Waals surface area (Å²) < 4.78 is 0. The summed E-state index contributed by atoms with van der Waals surface area (Å²) in [6.45, 7) is 2.19. The van der Waals surface area contributed by atoms with E-state index < -0.39 is 0 Å². The molecule has 0 atom stereocenters. The SMILES string of the molecule is Cc1nc(CNC(=O)CNC(=O)c2ccc(Cl)cc2)cs1. The first-order valence-electron chi connectivity index (χ1n) is 6.26. The van der Waals surface area contributed by atoms with E-state index in [9.17, 15) is 9.59 Å². The molecule has 2 N–H and O–H groups in total. The highest BCUT2D eigenvalue weighted by molar-refractivity contribution is 7.09. The molecule has 5 nitrogen and oxygen atoms in total. The topological polar surface area (TPSA) is 71.1 Å². The number of halogens is 1. The van der Waals surface area contributed by atoms with Gasteiger partial charge in [0.15, 0.2) is 0 Å². The molecule has 2 amide bonds. The third kappa shape index (κ3) is 4.84. The van der Waals surface area contributed by atoms with Crippen molar-refractivity contribution in [3.8, 4) is 0 Å². The molecule has 0 unspecified atom stereocenters. The zero-order valence-electron chi connectivity index (χ0n) is 11.4. The van der Waals surface area contributed by atoms with Crippen molar-refractivity contribution < 1.29 is 9.59 Å². The lowest BCUT2D eigenvalue weighted by Gasteiger charge is -2.06. The van der Waals surface area contributed by atoms with E-state index in [4.69, 9.17) is 11.6 Å². The van der Waals surface area contributed by atoms with Gasteiger partial charge < -0.3 is 10.6 Å². The van der Waals surface area contributed by atoms with E-state index in [0.717, 1.165) is 10.7 Å². The number of aromatic nitrogens is 1. The number of thiazole rings is 1. The lowest BCUT2D eigenvalue weighted by molar-refractivity contribution is -0.120. The van der Waals surface area contributed by atoms with E-state index in [2.05, 4.69) is 15.6 Å². The third-order valence-electron chi connectivity index (χ3n) is 2.65. The third-order valence-corrected chi connectivity index (χ3v) is 3.72. The molecule has 1 aromatic heterocycles. The number of hydrogen-bond donors (Lipinski definition) is 2. The van der Waals surface area contributed by atoms with Gasteiger partial charge in [0.1, 0.15) is 0 Å². The van der Waals surface area contributed by atoms with Crippen LogP contribution in [-0.2, 0) is 11.3 Å². The van der Waals surface area contributed by atoms with Crippen LogP contribution in [0.2, 0.25) is 5.02 Å². The molecule has 110 valence electrons. The van der Waals surface area contributed by atoms with E-state index in [0.29, 0.717) is 17.1 Å². The Labute approximate surface area is 131 Å². The summed E-state index contributed by atoms with van der Waals surface area (Å²) >= 11 is 7.27. The summed E-state index contributed by atoms with van der Waals surface area (Å²) in [5, 5.41) is 8.65. The molecule has 0 aliphatic rings. The number of carbonyl (C=O) groups is 2. The molecule has 0 aliphatic carbocycles. The summed E-state index contributed by atoms with van der Waals surface area (Å²) in [5.41, 5.74) is 1.28. The van der Waals surface area contributed by atoms with Crippen molar-refractivity contribution in [1.82, 2.24) is 15.6 Å². The molecule has 7 heteroatoms. The number of benzene rings is 1. The molecular formula is C14H14ClN3O2S. The second-order valence-electron chi connectivity index (χ2n) is 4.32. The van der Waals surface area contributed by atoms with E-state index in [1.165, 1.54) is 11.3 Å². The molecule has 0 saturated carbocycles. The van der Waals surface area contributed by atoms with E-state index >= 15 is 0 Å². The number of amides is 2. The summed E-state index contributed by atoms with van der Waals surface area (Å²) in [5.74, 6) is -0.575. The van der Waals surface area contributed by atoms with Crippen LogP contribution in [0.15, 0.2) is 29.6 Å². The van der Waals surface area contributed by atoms with Crippen molar-refractivity contribution in [2.24, 2.45) is 0 Å². The molecule has 21 heavy (non-hydrogen) atoms. The quantitative estimate of drug-likeness (QED) is 0.885. The van der Waals surface area contributed by atoms with Crippen LogP contribution in [0, 0.1) is 6.92 Å². The number of nitrogens with one attached hydrogen (secondary N) is 2. The van der Waals surface area contributed by atoms with Gasteiger partial charge in [0.25, 0.3) is 5.91 Å². The Kier molecular flexibility index (Phi) is 5.30. The number of rotatable bonds is 5. The summed E-state index contributed by atoms with van der Waals surface area (Å²) in [4.78, 5) is 27.7. The lowest BCUT2D eigenvalue weighted by atomic mass is 10.2. The zero-order valence-corrected chi connectivity index (χ0v) is 12.9. The van der Waals surface area contributed by atoms with Crippen molar-refractivity contribution in [3.05, 3.63) is 50.9 Å². The van der Waals surface area contributed by atoms with Crippen LogP contribution >= 0.6 is 22.9 Å². The van der Waals surface area contributed by atoms with Crippen molar-refractivity contribution >= 4 is 34.8 Å². The fourth-order valence-corrected chi connectivity index (χ4v) is 2.34. The van der Waals surface area contributed by atoms with Crippen LogP contribution in [0.4, 0.5) is 0 Å². The van der Waals surface area contributed by atoms with E-state index in [1.54, 1.807) is 24.3 Å². The van der Waals surface area contributed by atoms with Gasteiger partial charge in [-0.3, -0.25) is 9.59 Å². The Morgan fingerprint density at radius 1 is 1.24 bits per heavy atom. The zero-order chi connectivity index (χ0) is 15.2. The summed E-state index contributed by atoms with van der Waals surface area (Å²) in [7, 11) is 0. The van der Waals surface area contributed by atoms with Gasteiger partial charge in [-0.1, -0.05) is 11.6 Å². The minimum atomic E-state index is -0.314. The minimum absolute atomic E-state index is 0.0788. The fraction of sp³-hybridized carbons (Fsp3) is 0.214. The van der Waals surface area contributed by atoms with Crippen LogP contribution in [-0.4, -0.2) is 23.3 Å². The van der Waals surface area contributed by atoms with Gasteiger partial charge in [0.2, 0.25) is 5.91 Å². The molecular weight excluding hydrogens is 310 g/mol. The lowest BCUT2D eigenvalue weighted by Crippen LogP contribution is -2.36. The molecule has 0 radical (unpaired) electrons. The second kappa shape index (κ2) is 7.19. The minimum Gasteiger partial charge on any atom is -0.349 e. The normalized spacial score (nSPS) is 10.2. The van der Waals surface area contributed by atoms with Crippen molar-refractivity contribution in [2.75, 3.05) is 6.54 Å². The van der Waals surface area contributed by atoms with Gasteiger partial charge in [-0.05, 0) is 31.2 Å². The van der Waals surface area contributed by atoms with Gasteiger partial charge in [0.05, 0.1) is 23.8 Å². The van der Waals surface area contributed by atoms with E-state index in [-0.39, 0.29) is 18.4 Å². The maximum atomic E-state index is 11.8. The predicted molar refractivity (Wildman–Crippen MR) is 82.5 cm³/mol. The molecule has 1 heterocycles. The second-order valence-corrected chi connectivity index (χ2v) is 5.82. The number of carbonyl (C=O) groups excluding carboxylic acids is 2. The van der Waals surface area contributed by atoms with Crippen molar-refractivity contribution in [1.29, 1.82) is 0 Å². The van der Waals surface area contributed by atoms with Gasteiger partial charge in [-0.2, -0.15) is 0 Å². The fourth-order valence-electron chi connectivity index (χ4n) is 1.60. The van der Waals surface area contributed by atoms with Crippen LogP contribution < -0.4 is 10.6 Å². The van der Waals surface area contributed by atoms with E-state index in [1.807, 2.05) is 12.3 Å². The molecule has 1 aromatic carbocycles. The first-order chi connectivity index (χ1) is 10.0. The van der Waals surface area contributed by atoms with Gasteiger partial charge >= 0.3 is 0 Å². The molecule has 2 aromatic rings. The Balaban J connectivity index is 1.75. The standard InChI is InChI=1S/C14H14ClN3O2S/c1-9-18-12(8-21-9)6-16-13(19)7-17-14(20)10-2-4-11(15)5-3-10/h2-5,8H,6-7H2,1H3,(H,16,19)(H,17,20). The molecule has 0 saturated heterocycles. The predicted octanol–water partition coefficient (Wildman–Crippen LogP) is 2.15. The van der Waals surface area contributed by atoms with Crippen LogP contribution in [0.5, 0.6) is 0 Å².